The van der Waals surface area contributed by atoms with Gasteiger partial charge in [0.1, 0.15) is 0 Å². The number of nitrogens with one attached hydrogen (secondary N) is 3. The van der Waals surface area contributed by atoms with Crippen molar-refractivity contribution in [2.24, 2.45) is 5.92 Å². The first-order chi connectivity index (χ1) is 11.1. The minimum absolute atomic E-state index is 0.192. The smallest absolute Gasteiger partial charge is 0.252 e. The van der Waals surface area contributed by atoms with Crippen molar-refractivity contribution >= 4 is 32.7 Å². The fraction of sp³-hybridized carbons (Fsp3) is 0.412. The molecule has 122 valence electrons. The van der Waals surface area contributed by atoms with Crippen LogP contribution in [0.5, 0.6) is 0 Å². The summed E-state index contributed by atoms with van der Waals surface area (Å²) in [5, 5.41) is 7.08. The highest BCUT2D eigenvalue weighted by atomic mass is 79.9. The van der Waals surface area contributed by atoms with Gasteiger partial charge in [-0.05, 0) is 60.3 Å². The summed E-state index contributed by atoms with van der Waals surface area (Å²) in [6.07, 6.45) is 3.37. The van der Waals surface area contributed by atoms with Crippen LogP contribution in [0.3, 0.4) is 0 Å². The molecule has 0 aliphatic carbocycles. The van der Waals surface area contributed by atoms with Gasteiger partial charge in [0.25, 0.3) is 5.91 Å². The molecule has 0 radical (unpaired) electrons. The highest BCUT2D eigenvalue weighted by Gasteiger charge is 2.15. The van der Waals surface area contributed by atoms with Crippen LogP contribution in [-0.2, 0) is 0 Å². The van der Waals surface area contributed by atoms with E-state index in [1.54, 1.807) is 0 Å². The van der Waals surface area contributed by atoms with Crippen molar-refractivity contribution in [3.05, 3.63) is 44.7 Å². The molecule has 2 heterocycles. The van der Waals surface area contributed by atoms with E-state index in [-0.39, 0.29) is 11.5 Å². The highest BCUT2D eigenvalue weighted by molar-refractivity contribution is 9.10. The highest BCUT2D eigenvalue weighted by Crippen LogP contribution is 2.23. The minimum Gasteiger partial charge on any atom is -0.352 e. The lowest BCUT2D eigenvalue weighted by Crippen LogP contribution is -2.33. The number of piperidine rings is 1. The molecule has 0 spiro atoms. The molecular weight excluding hydrogens is 358 g/mol. The van der Waals surface area contributed by atoms with Crippen LogP contribution in [0.2, 0.25) is 0 Å². The fourth-order valence-electron chi connectivity index (χ4n) is 3.09. The molecule has 1 unspecified atom stereocenters. The number of hydrogen-bond acceptors (Lipinski definition) is 3. The molecule has 1 aromatic heterocycles. The van der Waals surface area contributed by atoms with Crippen molar-refractivity contribution in [1.82, 2.24) is 15.6 Å². The largest absolute Gasteiger partial charge is 0.352 e. The molecular formula is C17H20BrN3O2. The normalized spacial score (nSPS) is 18.0. The van der Waals surface area contributed by atoms with Crippen LogP contribution in [0, 0.1) is 5.92 Å². The maximum atomic E-state index is 12.5. The second-order valence-electron chi connectivity index (χ2n) is 5.97. The number of fused-ring (bicyclic) bond motifs is 1. The van der Waals surface area contributed by atoms with Crippen LogP contribution in [-0.4, -0.2) is 30.5 Å². The molecule has 3 N–H and O–H groups in total. The van der Waals surface area contributed by atoms with Crippen LogP contribution in [0.4, 0.5) is 0 Å². The molecule has 0 saturated carbocycles. The number of aromatic amines is 1. The Balaban J connectivity index is 1.73. The predicted molar refractivity (Wildman–Crippen MR) is 94.8 cm³/mol. The van der Waals surface area contributed by atoms with Crippen molar-refractivity contribution in [1.29, 1.82) is 0 Å². The summed E-state index contributed by atoms with van der Waals surface area (Å²) in [4.78, 5) is 27.1. The minimum atomic E-state index is -0.272. The Morgan fingerprint density at radius 2 is 2.26 bits per heavy atom. The predicted octanol–water partition coefficient (Wildman–Crippen LogP) is 2.41. The van der Waals surface area contributed by atoms with Crippen LogP contribution < -0.4 is 16.2 Å². The van der Waals surface area contributed by atoms with Crippen LogP contribution in [0.15, 0.2) is 33.5 Å². The molecule has 1 amide bonds. The number of H-pyrrole nitrogens is 1. The third-order valence-electron chi connectivity index (χ3n) is 4.31. The van der Waals surface area contributed by atoms with Gasteiger partial charge in [-0.2, -0.15) is 0 Å². The maximum Gasteiger partial charge on any atom is 0.252 e. The Labute approximate surface area is 143 Å². The number of rotatable bonds is 4. The zero-order chi connectivity index (χ0) is 16.2. The molecule has 23 heavy (non-hydrogen) atoms. The molecule has 5 nitrogen and oxygen atoms in total. The Hall–Kier alpha value is -1.66. The molecule has 1 atom stereocenters. The molecule has 1 fully saturated rings. The van der Waals surface area contributed by atoms with E-state index in [0.29, 0.717) is 23.5 Å². The molecule has 3 rings (SSSR count). The van der Waals surface area contributed by atoms with E-state index in [9.17, 15) is 9.59 Å². The van der Waals surface area contributed by atoms with Crippen LogP contribution >= 0.6 is 15.9 Å². The Morgan fingerprint density at radius 1 is 1.39 bits per heavy atom. The van der Waals surface area contributed by atoms with Gasteiger partial charge in [-0.3, -0.25) is 9.59 Å². The van der Waals surface area contributed by atoms with Crippen molar-refractivity contribution in [3.8, 4) is 0 Å². The molecule has 1 saturated heterocycles. The summed E-state index contributed by atoms with van der Waals surface area (Å²) in [5.74, 6) is 0.428. The van der Waals surface area contributed by atoms with Gasteiger partial charge in [0, 0.05) is 22.5 Å². The van der Waals surface area contributed by atoms with Gasteiger partial charge in [0.15, 0.2) is 0 Å². The first kappa shape index (κ1) is 16.2. The van der Waals surface area contributed by atoms with E-state index in [4.69, 9.17) is 0 Å². The Bertz CT molecular complexity index is 766. The lowest BCUT2D eigenvalue weighted by Gasteiger charge is -2.22. The topological polar surface area (TPSA) is 74.0 Å². The SMILES string of the molecule is O=C(NCCC1CCCNC1)c1cc(=O)[nH]c2c(Br)cccc12. The summed E-state index contributed by atoms with van der Waals surface area (Å²) < 4.78 is 0.773. The molecule has 2 aromatic rings. The number of para-hydroxylation sites is 1. The van der Waals surface area contributed by atoms with Crippen molar-refractivity contribution < 1.29 is 4.79 Å². The van der Waals surface area contributed by atoms with Gasteiger partial charge < -0.3 is 15.6 Å². The van der Waals surface area contributed by atoms with E-state index in [2.05, 4.69) is 31.5 Å². The zero-order valence-electron chi connectivity index (χ0n) is 12.8. The van der Waals surface area contributed by atoms with Gasteiger partial charge in [-0.1, -0.05) is 12.1 Å². The second kappa shape index (κ2) is 7.27. The summed E-state index contributed by atoms with van der Waals surface area (Å²) >= 11 is 3.41. The average molecular weight is 378 g/mol. The number of pyridine rings is 1. The third-order valence-corrected chi connectivity index (χ3v) is 4.97. The van der Waals surface area contributed by atoms with E-state index in [1.165, 1.54) is 18.9 Å². The number of carbonyl (C=O) groups is 1. The van der Waals surface area contributed by atoms with E-state index in [1.807, 2.05) is 18.2 Å². The summed E-state index contributed by atoms with van der Waals surface area (Å²) in [7, 11) is 0. The lowest BCUT2D eigenvalue weighted by molar-refractivity contribution is 0.0952. The van der Waals surface area contributed by atoms with Crippen LogP contribution in [0.25, 0.3) is 10.9 Å². The first-order valence-corrected chi connectivity index (χ1v) is 8.75. The third kappa shape index (κ3) is 3.82. The number of benzene rings is 1. The molecule has 6 heteroatoms. The fourth-order valence-corrected chi connectivity index (χ4v) is 3.55. The molecule has 1 aliphatic rings. The molecule has 1 aromatic carbocycles. The second-order valence-corrected chi connectivity index (χ2v) is 6.82. The summed E-state index contributed by atoms with van der Waals surface area (Å²) in [6, 6.07) is 6.91. The Morgan fingerprint density at radius 3 is 3.04 bits per heavy atom. The molecule has 1 aliphatic heterocycles. The van der Waals surface area contributed by atoms with Crippen molar-refractivity contribution in [2.45, 2.75) is 19.3 Å². The quantitative estimate of drug-likeness (QED) is 0.765. The standard InChI is InChI=1S/C17H20BrN3O2/c18-14-5-1-4-12-13(9-15(22)21-16(12)14)17(23)20-8-6-11-3-2-7-19-10-11/h1,4-5,9,11,19H,2-3,6-8,10H2,(H,20,23)(H,21,22). The number of halogens is 1. The Kier molecular flexibility index (Phi) is 5.13. The van der Waals surface area contributed by atoms with Crippen molar-refractivity contribution in [2.75, 3.05) is 19.6 Å². The van der Waals surface area contributed by atoms with Crippen LogP contribution in [0.1, 0.15) is 29.6 Å². The first-order valence-electron chi connectivity index (χ1n) is 7.95. The van der Waals surface area contributed by atoms with E-state index in [0.717, 1.165) is 29.4 Å². The molecule has 0 bridgehead atoms. The number of hydrogen-bond donors (Lipinski definition) is 3. The van der Waals surface area contributed by atoms with Gasteiger partial charge in [-0.15, -0.1) is 0 Å². The van der Waals surface area contributed by atoms with E-state index < -0.39 is 0 Å². The average Bonchev–Trinajstić information content (AvgIpc) is 2.56. The van der Waals surface area contributed by atoms with Gasteiger partial charge in [0.05, 0.1) is 11.1 Å². The number of aromatic nitrogens is 1. The summed E-state index contributed by atoms with van der Waals surface area (Å²) in [6.45, 7) is 2.75. The zero-order valence-corrected chi connectivity index (χ0v) is 14.4. The number of amides is 1. The van der Waals surface area contributed by atoms with Gasteiger partial charge in [0.2, 0.25) is 5.56 Å². The van der Waals surface area contributed by atoms with Crippen molar-refractivity contribution in [3.63, 3.8) is 0 Å². The van der Waals surface area contributed by atoms with E-state index >= 15 is 0 Å². The lowest BCUT2D eigenvalue weighted by atomic mass is 9.96. The number of carbonyl (C=O) groups excluding carboxylic acids is 1. The van der Waals surface area contributed by atoms with Gasteiger partial charge in [-0.25, -0.2) is 0 Å². The summed E-state index contributed by atoms with van der Waals surface area (Å²) in [5.41, 5.74) is 0.805. The van der Waals surface area contributed by atoms with Gasteiger partial charge >= 0.3 is 0 Å². The monoisotopic (exact) mass is 377 g/mol. The maximum absolute atomic E-state index is 12.5.